The van der Waals surface area contributed by atoms with Crippen LogP contribution in [0.1, 0.15) is 30.9 Å². The lowest BCUT2D eigenvalue weighted by molar-refractivity contribution is 0.179. The van der Waals surface area contributed by atoms with E-state index in [2.05, 4.69) is 35.4 Å². The van der Waals surface area contributed by atoms with E-state index in [0.29, 0.717) is 19.1 Å². The number of hydrogen-bond donors (Lipinski definition) is 2. The number of nitrogens with zero attached hydrogens (tertiary/aromatic N) is 1. The minimum atomic E-state index is 0. The molecule has 1 atom stereocenters. The molecule has 130 valence electrons. The van der Waals surface area contributed by atoms with Gasteiger partial charge in [-0.15, -0.1) is 24.0 Å². The van der Waals surface area contributed by atoms with Crippen LogP contribution in [0, 0.1) is 12.8 Å². The van der Waals surface area contributed by atoms with Gasteiger partial charge in [-0.25, -0.2) is 4.99 Å². The SMILES string of the molecule is COCC(C)NC(N)=NCc1ccc(C)cc1OCC1CC1.I. The molecule has 23 heavy (non-hydrogen) atoms. The number of nitrogens with one attached hydrogen (secondary N) is 1. The van der Waals surface area contributed by atoms with Crippen LogP contribution in [0.3, 0.4) is 0 Å². The van der Waals surface area contributed by atoms with Gasteiger partial charge in [-0.1, -0.05) is 12.1 Å². The standard InChI is InChI=1S/C17H27N3O2.HI/c1-12-4-7-15(16(8-12)22-11-14-5-6-14)9-19-17(18)20-13(2)10-21-3;/h4,7-8,13-14H,5-6,9-11H2,1-3H3,(H3,18,19,20);1H. The highest BCUT2D eigenvalue weighted by Gasteiger charge is 2.22. The zero-order valence-corrected chi connectivity index (χ0v) is 16.5. The first-order valence-corrected chi connectivity index (χ1v) is 7.86. The molecule has 1 unspecified atom stereocenters. The molecule has 5 nitrogen and oxygen atoms in total. The van der Waals surface area contributed by atoms with Crippen molar-refractivity contribution in [2.45, 2.75) is 39.3 Å². The van der Waals surface area contributed by atoms with Crippen LogP contribution in [0.4, 0.5) is 0 Å². The van der Waals surface area contributed by atoms with Crippen molar-refractivity contribution in [3.8, 4) is 5.75 Å². The molecule has 0 amide bonds. The summed E-state index contributed by atoms with van der Waals surface area (Å²) < 4.78 is 11.0. The van der Waals surface area contributed by atoms with Gasteiger partial charge in [0.05, 0.1) is 19.8 Å². The average molecular weight is 433 g/mol. The zero-order valence-electron chi connectivity index (χ0n) is 14.2. The molecule has 3 N–H and O–H groups in total. The van der Waals surface area contributed by atoms with E-state index in [-0.39, 0.29) is 30.0 Å². The van der Waals surface area contributed by atoms with E-state index in [4.69, 9.17) is 15.2 Å². The van der Waals surface area contributed by atoms with Crippen LogP contribution in [0.15, 0.2) is 23.2 Å². The van der Waals surface area contributed by atoms with Crippen LogP contribution in [0.2, 0.25) is 0 Å². The van der Waals surface area contributed by atoms with Crippen molar-refractivity contribution >= 4 is 29.9 Å². The summed E-state index contributed by atoms with van der Waals surface area (Å²) in [6.07, 6.45) is 2.57. The number of halogens is 1. The Bertz CT molecular complexity index is 519. The number of ether oxygens (including phenoxy) is 2. The van der Waals surface area contributed by atoms with Gasteiger partial charge in [0, 0.05) is 18.7 Å². The Morgan fingerprint density at radius 2 is 2.17 bits per heavy atom. The van der Waals surface area contributed by atoms with Crippen molar-refractivity contribution in [2.24, 2.45) is 16.6 Å². The molecule has 1 aliphatic carbocycles. The number of aryl methyl sites for hydroxylation is 1. The molecule has 1 aliphatic rings. The fourth-order valence-corrected chi connectivity index (χ4v) is 2.18. The van der Waals surface area contributed by atoms with Crippen LogP contribution in [-0.2, 0) is 11.3 Å². The number of guanidine groups is 1. The first-order valence-electron chi connectivity index (χ1n) is 7.86. The number of rotatable bonds is 8. The number of hydrogen-bond acceptors (Lipinski definition) is 3. The van der Waals surface area contributed by atoms with Gasteiger partial charge in [-0.05, 0) is 44.2 Å². The average Bonchev–Trinajstić information content (AvgIpc) is 3.28. The second-order valence-corrected chi connectivity index (χ2v) is 6.07. The molecule has 0 bridgehead atoms. The Morgan fingerprint density at radius 3 is 2.83 bits per heavy atom. The normalized spacial score (nSPS) is 15.7. The highest BCUT2D eigenvalue weighted by Crippen LogP contribution is 2.30. The first kappa shape index (κ1) is 20.0. The summed E-state index contributed by atoms with van der Waals surface area (Å²) in [6.45, 7) is 5.98. The van der Waals surface area contributed by atoms with Crippen molar-refractivity contribution < 1.29 is 9.47 Å². The summed E-state index contributed by atoms with van der Waals surface area (Å²) >= 11 is 0. The minimum Gasteiger partial charge on any atom is -0.493 e. The maximum atomic E-state index is 5.94. The van der Waals surface area contributed by atoms with Crippen LogP contribution < -0.4 is 15.8 Å². The summed E-state index contributed by atoms with van der Waals surface area (Å²) in [4.78, 5) is 4.40. The number of aliphatic imine (C=N–C) groups is 1. The van der Waals surface area contributed by atoms with E-state index >= 15 is 0 Å². The van der Waals surface area contributed by atoms with Crippen LogP contribution >= 0.6 is 24.0 Å². The van der Waals surface area contributed by atoms with Gasteiger partial charge in [0.1, 0.15) is 5.75 Å². The van der Waals surface area contributed by atoms with Crippen molar-refractivity contribution in [2.75, 3.05) is 20.3 Å². The molecular weight excluding hydrogens is 405 g/mol. The maximum Gasteiger partial charge on any atom is 0.189 e. The third-order valence-corrected chi connectivity index (χ3v) is 3.62. The molecule has 0 saturated heterocycles. The molecule has 1 saturated carbocycles. The fraction of sp³-hybridized carbons (Fsp3) is 0.588. The summed E-state index contributed by atoms with van der Waals surface area (Å²) in [5, 5.41) is 3.10. The smallest absolute Gasteiger partial charge is 0.189 e. The number of methoxy groups -OCH3 is 1. The summed E-state index contributed by atoms with van der Waals surface area (Å²) in [5.41, 5.74) is 8.17. The van der Waals surface area contributed by atoms with Gasteiger partial charge in [-0.2, -0.15) is 0 Å². The second-order valence-electron chi connectivity index (χ2n) is 6.07. The Balaban J connectivity index is 0.00000264. The topological polar surface area (TPSA) is 68.9 Å². The minimum absolute atomic E-state index is 0. The monoisotopic (exact) mass is 433 g/mol. The Kier molecular flexibility index (Phi) is 8.68. The van der Waals surface area contributed by atoms with Gasteiger partial charge >= 0.3 is 0 Å². The van der Waals surface area contributed by atoms with Crippen molar-refractivity contribution in [1.29, 1.82) is 0 Å². The Labute approximate surface area is 156 Å². The third-order valence-electron chi connectivity index (χ3n) is 3.62. The summed E-state index contributed by atoms with van der Waals surface area (Å²) in [5.74, 6) is 2.09. The Morgan fingerprint density at radius 1 is 1.43 bits per heavy atom. The van der Waals surface area contributed by atoms with E-state index < -0.39 is 0 Å². The molecule has 1 aromatic rings. The molecule has 6 heteroatoms. The molecule has 0 spiro atoms. The molecule has 0 aromatic heterocycles. The summed E-state index contributed by atoms with van der Waals surface area (Å²) in [6, 6.07) is 6.35. The van der Waals surface area contributed by atoms with Gasteiger partial charge < -0.3 is 20.5 Å². The van der Waals surface area contributed by atoms with E-state index in [9.17, 15) is 0 Å². The van der Waals surface area contributed by atoms with E-state index in [0.717, 1.165) is 23.8 Å². The third kappa shape index (κ3) is 7.39. The molecule has 0 radical (unpaired) electrons. The molecule has 1 fully saturated rings. The van der Waals surface area contributed by atoms with E-state index in [1.807, 2.05) is 6.92 Å². The van der Waals surface area contributed by atoms with E-state index in [1.54, 1.807) is 7.11 Å². The van der Waals surface area contributed by atoms with Gasteiger partial charge in [0.25, 0.3) is 0 Å². The molecule has 0 aliphatic heterocycles. The lowest BCUT2D eigenvalue weighted by Gasteiger charge is -2.14. The lowest BCUT2D eigenvalue weighted by Crippen LogP contribution is -2.40. The number of benzene rings is 1. The zero-order chi connectivity index (χ0) is 15.9. The molecule has 0 heterocycles. The van der Waals surface area contributed by atoms with Gasteiger partial charge in [-0.3, -0.25) is 0 Å². The molecule has 1 aromatic carbocycles. The molecular formula is C17H28IN3O2. The predicted molar refractivity (Wildman–Crippen MR) is 105 cm³/mol. The van der Waals surface area contributed by atoms with Gasteiger partial charge in [0.2, 0.25) is 0 Å². The quantitative estimate of drug-likeness (QED) is 0.376. The van der Waals surface area contributed by atoms with Crippen LogP contribution in [0.5, 0.6) is 5.75 Å². The highest BCUT2D eigenvalue weighted by molar-refractivity contribution is 14.0. The van der Waals surface area contributed by atoms with Gasteiger partial charge in [0.15, 0.2) is 5.96 Å². The van der Waals surface area contributed by atoms with Crippen molar-refractivity contribution in [3.05, 3.63) is 29.3 Å². The highest BCUT2D eigenvalue weighted by atomic mass is 127. The number of nitrogens with two attached hydrogens (primary N) is 1. The molecule has 2 rings (SSSR count). The fourth-order valence-electron chi connectivity index (χ4n) is 2.18. The lowest BCUT2D eigenvalue weighted by atomic mass is 10.1. The largest absolute Gasteiger partial charge is 0.493 e. The van der Waals surface area contributed by atoms with Crippen LogP contribution in [-0.4, -0.2) is 32.3 Å². The van der Waals surface area contributed by atoms with Crippen molar-refractivity contribution in [3.63, 3.8) is 0 Å². The Hall–Kier alpha value is -1.02. The van der Waals surface area contributed by atoms with E-state index in [1.165, 1.54) is 18.4 Å². The predicted octanol–water partition coefficient (Wildman–Crippen LogP) is 2.84. The van der Waals surface area contributed by atoms with Crippen LogP contribution in [0.25, 0.3) is 0 Å². The van der Waals surface area contributed by atoms with Crippen molar-refractivity contribution in [1.82, 2.24) is 5.32 Å². The maximum absolute atomic E-state index is 5.94. The summed E-state index contributed by atoms with van der Waals surface area (Å²) in [7, 11) is 1.67. The second kappa shape index (κ2) is 9.97. The first-order chi connectivity index (χ1) is 10.6.